The van der Waals surface area contributed by atoms with Gasteiger partial charge in [-0.25, -0.2) is 0 Å². The Morgan fingerprint density at radius 2 is 1.81 bits per heavy atom. The zero-order valence-corrected chi connectivity index (χ0v) is 15.4. The molecule has 0 saturated heterocycles. The highest BCUT2D eigenvalue weighted by Gasteiger charge is 2.12. The molecule has 0 aliphatic rings. The van der Waals surface area contributed by atoms with Crippen LogP contribution >= 0.6 is 11.8 Å². The number of carbonyl (C=O) groups excluding carboxylic acids is 1. The number of methoxy groups -OCH3 is 2. The lowest BCUT2D eigenvalue weighted by Gasteiger charge is -2.09. The van der Waals surface area contributed by atoms with E-state index in [1.165, 1.54) is 20.3 Å². The molecule has 0 bridgehead atoms. The van der Waals surface area contributed by atoms with E-state index in [-0.39, 0.29) is 28.8 Å². The minimum atomic E-state index is -0.252. The van der Waals surface area contributed by atoms with Crippen LogP contribution in [0.4, 0.5) is 0 Å². The van der Waals surface area contributed by atoms with Gasteiger partial charge in [0.15, 0.2) is 17.3 Å². The van der Waals surface area contributed by atoms with Crippen LogP contribution in [0.15, 0.2) is 51.8 Å². The minimum Gasteiger partial charge on any atom is -0.502 e. The molecule has 0 radical (unpaired) electrons. The second kappa shape index (κ2) is 7.58. The van der Waals surface area contributed by atoms with Crippen LogP contribution in [0.25, 0.3) is 17.0 Å². The van der Waals surface area contributed by atoms with Crippen LogP contribution in [0.2, 0.25) is 0 Å². The minimum absolute atomic E-state index is 0.0830. The monoisotopic (exact) mass is 370 g/mol. The number of rotatable bonds is 6. The van der Waals surface area contributed by atoms with Crippen LogP contribution in [-0.4, -0.2) is 31.4 Å². The molecule has 1 aromatic heterocycles. The topological polar surface area (TPSA) is 68.9 Å². The van der Waals surface area contributed by atoms with Crippen LogP contribution in [-0.2, 0) is 0 Å². The van der Waals surface area contributed by atoms with Crippen LogP contribution in [0.3, 0.4) is 0 Å². The Labute approximate surface area is 155 Å². The van der Waals surface area contributed by atoms with Crippen molar-refractivity contribution >= 4 is 34.6 Å². The van der Waals surface area contributed by atoms with Crippen molar-refractivity contribution in [3.8, 4) is 17.2 Å². The van der Waals surface area contributed by atoms with Gasteiger partial charge in [-0.15, -0.1) is 11.8 Å². The van der Waals surface area contributed by atoms with E-state index in [0.29, 0.717) is 11.1 Å². The summed E-state index contributed by atoms with van der Waals surface area (Å²) in [6.07, 6.45) is 5.02. The molecule has 3 rings (SSSR count). The first-order valence-electron chi connectivity index (χ1n) is 7.80. The Morgan fingerprint density at radius 3 is 2.42 bits per heavy atom. The van der Waals surface area contributed by atoms with Gasteiger partial charge in [0.05, 0.1) is 14.2 Å². The van der Waals surface area contributed by atoms with Crippen molar-refractivity contribution in [2.24, 2.45) is 0 Å². The Morgan fingerprint density at radius 1 is 1.12 bits per heavy atom. The van der Waals surface area contributed by atoms with E-state index in [1.807, 2.05) is 24.5 Å². The van der Waals surface area contributed by atoms with E-state index < -0.39 is 0 Å². The molecular formula is C20H18O5S. The predicted octanol–water partition coefficient (Wildman–Crippen LogP) is 4.77. The third-order valence-corrected chi connectivity index (χ3v) is 4.62. The van der Waals surface area contributed by atoms with Gasteiger partial charge in [0, 0.05) is 10.3 Å². The number of fused-ring (bicyclic) bond motifs is 1. The number of ether oxygens (including phenoxy) is 2. The second-order valence-electron chi connectivity index (χ2n) is 5.49. The van der Waals surface area contributed by atoms with Crippen molar-refractivity contribution in [2.45, 2.75) is 4.90 Å². The normalized spacial score (nSPS) is 11.2. The zero-order chi connectivity index (χ0) is 18.7. The summed E-state index contributed by atoms with van der Waals surface area (Å²) in [7, 11) is 2.90. The van der Waals surface area contributed by atoms with Gasteiger partial charge < -0.3 is 19.0 Å². The number of phenols is 1. The highest BCUT2D eigenvalue weighted by Crippen LogP contribution is 2.37. The van der Waals surface area contributed by atoms with Crippen molar-refractivity contribution < 1.29 is 23.8 Å². The Kier molecular flexibility index (Phi) is 5.23. The molecule has 0 fully saturated rings. The van der Waals surface area contributed by atoms with Gasteiger partial charge in [0.25, 0.3) is 0 Å². The number of aromatic hydroxyl groups is 1. The molecule has 0 aliphatic heterocycles. The summed E-state index contributed by atoms with van der Waals surface area (Å²) in [6.45, 7) is 0. The molecule has 0 saturated carbocycles. The summed E-state index contributed by atoms with van der Waals surface area (Å²) in [5.74, 6) is 0.472. The number of furan rings is 1. The van der Waals surface area contributed by atoms with E-state index in [0.717, 1.165) is 10.3 Å². The summed E-state index contributed by atoms with van der Waals surface area (Å²) in [5, 5.41) is 10.8. The molecule has 5 nitrogen and oxygen atoms in total. The van der Waals surface area contributed by atoms with E-state index in [1.54, 1.807) is 36.0 Å². The lowest BCUT2D eigenvalue weighted by atomic mass is 10.1. The molecule has 1 N–H and O–H groups in total. The summed E-state index contributed by atoms with van der Waals surface area (Å²) in [6, 6.07) is 10.8. The van der Waals surface area contributed by atoms with Gasteiger partial charge in [0.2, 0.25) is 11.5 Å². The van der Waals surface area contributed by atoms with E-state index in [2.05, 4.69) is 0 Å². The van der Waals surface area contributed by atoms with E-state index in [4.69, 9.17) is 13.9 Å². The fourth-order valence-corrected chi connectivity index (χ4v) is 2.95. The van der Waals surface area contributed by atoms with Gasteiger partial charge in [-0.3, -0.25) is 4.79 Å². The maximum atomic E-state index is 12.4. The lowest BCUT2D eigenvalue weighted by Crippen LogP contribution is -1.92. The second-order valence-corrected chi connectivity index (χ2v) is 6.37. The third-order valence-electron chi connectivity index (χ3n) is 3.90. The number of phenolic OH excluding ortho intramolecular Hbond substituents is 1. The molecule has 6 heteroatoms. The summed E-state index contributed by atoms with van der Waals surface area (Å²) >= 11 is 1.61. The highest BCUT2D eigenvalue weighted by atomic mass is 32.2. The molecule has 1 heterocycles. The van der Waals surface area contributed by atoms with Crippen molar-refractivity contribution in [1.82, 2.24) is 0 Å². The molecule has 2 aromatic carbocycles. The third kappa shape index (κ3) is 3.55. The van der Waals surface area contributed by atoms with Gasteiger partial charge in [0.1, 0.15) is 5.58 Å². The first kappa shape index (κ1) is 17.9. The lowest BCUT2D eigenvalue weighted by molar-refractivity contribution is 0.102. The molecule has 0 unspecified atom stereocenters. The molecular weight excluding hydrogens is 352 g/mol. The largest absolute Gasteiger partial charge is 0.502 e. The summed E-state index contributed by atoms with van der Waals surface area (Å²) in [4.78, 5) is 13.5. The van der Waals surface area contributed by atoms with Crippen LogP contribution in [0.5, 0.6) is 17.2 Å². The number of thioether (sulfide) groups is 1. The number of hydrogen-bond donors (Lipinski definition) is 1. The molecule has 0 amide bonds. The van der Waals surface area contributed by atoms with Gasteiger partial charge in [-0.1, -0.05) is 6.08 Å². The first-order valence-corrected chi connectivity index (χ1v) is 9.03. The molecule has 0 aliphatic carbocycles. The van der Waals surface area contributed by atoms with Crippen molar-refractivity contribution in [3.05, 3.63) is 53.8 Å². The summed E-state index contributed by atoms with van der Waals surface area (Å²) in [5.41, 5.74) is 1.34. The van der Waals surface area contributed by atoms with Gasteiger partial charge >= 0.3 is 0 Å². The number of hydrogen-bond acceptors (Lipinski definition) is 6. The molecule has 134 valence electrons. The highest BCUT2D eigenvalue weighted by molar-refractivity contribution is 7.98. The fourth-order valence-electron chi connectivity index (χ4n) is 2.52. The molecule has 26 heavy (non-hydrogen) atoms. The number of benzene rings is 2. The summed E-state index contributed by atoms with van der Waals surface area (Å²) < 4.78 is 15.9. The maximum Gasteiger partial charge on any atom is 0.221 e. The van der Waals surface area contributed by atoms with E-state index in [9.17, 15) is 9.90 Å². The fraction of sp³-hybridized carbons (Fsp3) is 0.150. The average Bonchev–Trinajstić information content (AvgIpc) is 3.10. The quantitative estimate of drug-likeness (QED) is 0.383. The van der Waals surface area contributed by atoms with Crippen LogP contribution in [0.1, 0.15) is 16.1 Å². The first-order chi connectivity index (χ1) is 12.5. The van der Waals surface area contributed by atoms with Gasteiger partial charge in [-0.2, -0.15) is 0 Å². The number of allylic oxidation sites excluding steroid dienone is 1. The Bertz CT molecular complexity index is 962. The van der Waals surface area contributed by atoms with Gasteiger partial charge in [-0.05, 0) is 54.3 Å². The van der Waals surface area contributed by atoms with E-state index >= 15 is 0 Å². The van der Waals surface area contributed by atoms with Crippen molar-refractivity contribution in [1.29, 1.82) is 0 Å². The molecule has 3 aromatic rings. The van der Waals surface area contributed by atoms with Crippen LogP contribution < -0.4 is 9.47 Å². The standard InChI is InChI=1S/C20H18O5S/c1-23-18-8-12(9-19(24-2)20(18)22)4-7-15(21)17-10-13-5-6-14(26-3)11-16(13)25-17/h4-11,22H,1-3H3/b7-4+. The van der Waals surface area contributed by atoms with Crippen molar-refractivity contribution in [2.75, 3.05) is 20.5 Å². The molecule has 0 spiro atoms. The Hall–Kier alpha value is -2.86. The zero-order valence-electron chi connectivity index (χ0n) is 14.6. The predicted molar refractivity (Wildman–Crippen MR) is 103 cm³/mol. The molecule has 0 atom stereocenters. The average molecular weight is 370 g/mol. The van der Waals surface area contributed by atoms with Crippen molar-refractivity contribution in [3.63, 3.8) is 0 Å². The Balaban J connectivity index is 1.87. The van der Waals surface area contributed by atoms with Crippen LogP contribution in [0, 0.1) is 0 Å². The smallest absolute Gasteiger partial charge is 0.221 e. The maximum absolute atomic E-state index is 12.4. The number of carbonyl (C=O) groups is 1. The SMILES string of the molecule is COc1cc(/C=C/C(=O)c2cc3ccc(SC)cc3o2)cc(OC)c1O. The number of ketones is 1.